The van der Waals surface area contributed by atoms with Gasteiger partial charge in [-0.1, -0.05) is 25.7 Å². The predicted molar refractivity (Wildman–Crippen MR) is 104 cm³/mol. The van der Waals surface area contributed by atoms with Crippen LogP contribution in [-0.2, 0) is 16.1 Å². The average Bonchev–Trinajstić information content (AvgIpc) is 3.16. The smallest absolute Gasteiger partial charge is 0.271 e. The van der Waals surface area contributed by atoms with Gasteiger partial charge in [0.25, 0.3) is 5.91 Å². The molecule has 4 rings (SSSR count). The Kier molecular flexibility index (Phi) is 5.00. The summed E-state index contributed by atoms with van der Waals surface area (Å²) in [5, 5.41) is 3.20. The van der Waals surface area contributed by atoms with E-state index in [1.807, 2.05) is 10.6 Å². The zero-order valence-electron chi connectivity index (χ0n) is 16.3. The van der Waals surface area contributed by atoms with Crippen LogP contribution in [0.25, 0.3) is 11.1 Å². The lowest BCUT2D eigenvalue weighted by molar-refractivity contribution is -0.134. The molecule has 1 aliphatic heterocycles. The van der Waals surface area contributed by atoms with Gasteiger partial charge >= 0.3 is 0 Å². The van der Waals surface area contributed by atoms with Gasteiger partial charge in [0.15, 0.2) is 5.58 Å². The maximum absolute atomic E-state index is 13.4. The molecule has 2 amide bonds. The van der Waals surface area contributed by atoms with Gasteiger partial charge in [0, 0.05) is 31.1 Å². The molecular weight excluding hydrogens is 358 g/mol. The van der Waals surface area contributed by atoms with Gasteiger partial charge in [0.1, 0.15) is 17.5 Å². The van der Waals surface area contributed by atoms with Gasteiger partial charge in [0.2, 0.25) is 5.91 Å². The summed E-state index contributed by atoms with van der Waals surface area (Å²) in [7, 11) is 0. The largest absolute Gasteiger partial charge is 0.463 e. The zero-order chi connectivity index (χ0) is 19.7. The molecule has 0 aromatic carbocycles. The van der Waals surface area contributed by atoms with E-state index in [0.29, 0.717) is 17.8 Å². The van der Waals surface area contributed by atoms with E-state index in [0.717, 1.165) is 37.5 Å². The molecule has 1 aliphatic carbocycles. The van der Waals surface area contributed by atoms with E-state index in [2.05, 4.69) is 5.32 Å². The Labute approximate surface area is 164 Å². The molecule has 7 heteroatoms. The number of rotatable bonds is 5. The Balaban J connectivity index is 1.66. The van der Waals surface area contributed by atoms with Crippen LogP contribution < -0.4 is 5.32 Å². The predicted octanol–water partition coefficient (Wildman–Crippen LogP) is 2.88. The molecule has 0 saturated heterocycles. The van der Waals surface area contributed by atoms with Crippen LogP contribution in [0.15, 0.2) is 22.8 Å². The number of carbonyl (C=O) groups excluding carboxylic acids is 3. The van der Waals surface area contributed by atoms with Crippen LogP contribution in [0.3, 0.4) is 0 Å². The Morgan fingerprint density at radius 1 is 1.32 bits per heavy atom. The lowest BCUT2D eigenvalue weighted by Crippen LogP contribution is -2.65. The fourth-order valence-corrected chi connectivity index (χ4v) is 4.57. The molecule has 1 unspecified atom stereocenters. The number of amides is 2. The Morgan fingerprint density at radius 3 is 2.79 bits per heavy atom. The number of furan rings is 1. The first-order valence-electron chi connectivity index (χ1n) is 10.2. The van der Waals surface area contributed by atoms with Crippen molar-refractivity contribution in [3.05, 3.63) is 24.1 Å². The number of aldehydes is 1. The number of nitrogens with zero attached hydrogens (tertiary/aromatic N) is 2. The minimum absolute atomic E-state index is 0.144. The van der Waals surface area contributed by atoms with Gasteiger partial charge in [-0.05, 0) is 19.8 Å². The van der Waals surface area contributed by atoms with Gasteiger partial charge in [0.05, 0.1) is 18.3 Å². The number of fused-ring (bicyclic) bond motifs is 3. The second-order valence-corrected chi connectivity index (χ2v) is 8.13. The summed E-state index contributed by atoms with van der Waals surface area (Å²) in [6.07, 6.45) is 9.18. The van der Waals surface area contributed by atoms with Gasteiger partial charge in [-0.3, -0.25) is 9.59 Å². The van der Waals surface area contributed by atoms with E-state index >= 15 is 0 Å². The van der Waals surface area contributed by atoms with E-state index < -0.39 is 5.54 Å². The van der Waals surface area contributed by atoms with E-state index in [4.69, 9.17) is 4.42 Å². The van der Waals surface area contributed by atoms with Crippen LogP contribution in [0.1, 0.15) is 62.4 Å². The number of hydrogen-bond donors (Lipinski definition) is 1. The molecule has 0 radical (unpaired) electrons. The van der Waals surface area contributed by atoms with Gasteiger partial charge in [-0.2, -0.15) is 0 Å². The van der Waals surface area contributed by atoms with Crippen LogP contribution >= 0.6 is 0 Å². The molecule has 1 fully saturated rings. The number of hydrogen-bond acceptors (Lipinski definition) is 4. The quantitative estimate of drug-likeness (QED) is 0.634. The van der Waals surface area contributed by atoms with Crippen LogP contribution in [-0.4, -0.2) is 45.7 Å². The van der Waals surface area contributed by atoms with Crippen molar-refractivity contribution in [3.8, 4) is 0 Å². The third kappa shape index (κ3) is 3.12. The second-order valence-electron chi connectivity index (χ2n) is 8.13. The molecule has 3 heterocycles. The van der Waals surface area contributed by atoms with Crippen molar-refractivity contribution < 1.29 is 18.8 Å². The highest BCUT2D eigenvalue weighted by Gasteiger charge is 2.48. The highest BCUT2D eigenvalue weighted by molar-refractivity contribution is 6.03. The lowest BCUT2D eigenvalue weighted by atomic mass is 9.93. The van der Waals surface area contributed by atoms with Crippen LogP contribution in [0.5, 0.6) is 0 Å². The molecule has 0 bridgehead atoms. The maximum Gasteiger partial charge on any atom is 0.271 e. The third-order valence-corrected chi connectivity index (χ3v) is 6.20. The van der Waals surface area contributed by atoms with Gasteiger partial charge in [-0.15, -0.1) is 0 Å². The summed E-state index contributed by atoms with van der Waals surface area (Å²) < 4.78 is 7.32. The molecule has 1 N–H and O–H groups in total. The molecule has 1 atom stereocenters. The van der Waals surface area contributed by atoms with E-state index in [1.54, 1.807) is 24.2 Å². The van der Waals surface area contributed by atoms with Crippen molar-refractivity contribution in [2.24, 2.45) is 0 Å². The SMILES string of the molecule is CC1(C(=O)NC2CCCCCC2)Cn2c(cc3occc32)C(=O)N1CCC=O. The highest BCUT2D eigenvalue weighted by atomic mass is 16.3. The molecule has 2 aliphatic rings. The molecule has 0 spiro atoms. The van der Waals surface area contributed by atoms with Crippen molar-refractivity contribution >= 4 is 29.2 Å². The first-order valence-corrected chi connectivity index (χ1v) is 10.2. The maximum atomic E-state index is 13.4. The van der Waals surface area contributed by atoms with Crippen molar-refractivity contribution in [1.82, 2.24) is 14.8 Å². The monoisotopic (exact) mass is 385 g/mol. The molecule has 7 nitrogen and oxygen atoms in total. The van der Waals surface area contributed by atoms with Crippen molar-refractivity contribution in [1.29, 1.82) is 0 Å². The molecule has 2 aromatic heterocycles. The van der Waals surface area contributed by atoms with Crippen molar-refractivity contribution in [2.45, 2.75) is 70.0 Å². The molecule has 1 saturated carbocycles. The minimum atomic E-state index is -1.05. The van der Waals surface area contributed by atoms with E-state index in [1.165, 1.54) is 12.8 Å². The van der Waals surface area contributed by atoms with Gasteiger partial charge in [-0.25, -0.2) is 0 Å². The second kappa shape index (κ2) is 7.45. The third-order valence-electron chi connectivity index (χ3n) is 6.20. The standard InChI is InChI=1S/C21H27N3O4/c1-21(20(27)22-15-7-4-2-3-5-8-15)14-23-16-9-12-28-18(16)13-17(23)19(26)24(21)10-6-11-25/h9,11-13,15H,2-8,10,14H2,1H3,(H,22,27). The number of nitrogens with one attached hydrogen (secondary N) is 1. The first kappa shape index (κ1) is 18.8. The lowest BCUT2D eigenvalue weighted by Gasteiger charge is -2.44. The average molecular weight is 385 g/mol. The topological polar surface area (TPSA) is 84.6 Å². The van der Waals surface area contributed by atoms with Crippen LogP contribution in [0.2, 0.25) is 0 Å². The zero-order valence-corrected chi connectivity index (χ0v) is 16.3. The number of carbonyl (C=O) groups is 3. The Morgan fingerprint density at radius 2 is 2.07 bits per heavy atom. The summed E-state index contributed by atoms with van der Waals surface area (Å²) in [5.74, 6) is -0.382. The fourth-order valence-electron chi connectivity index (χ4n) is 4.57. The summed E-state index contributed by atoms with van der Waals surface area (Å²) in [6.45, 7) is 2.37. The van der Waals surface area contributed by atoms with E-state index in [9.17, 15) is 14.4 Å². The summed E-state index contributed by atoms with van der Waals surface area (Å²) in [6, 6.07) is 3.68. The Hall–Kier alpha value is -2.57. The molecule has 150 valence electrons. The first-order chi connectivity index (χ1) is 13.5. The Bertz CT molecular complexity index is 891. The van der Waals surface area contributed by atoms with Crippen LogP contribution in [0.4, 0.5) is 0 Å². The summed E-state index contributed by atoms with van der Waals surface area (Å²) in [5.41, 5.74) is 0.891. The van der Waals surface area contributed by atoms with Crippen molar-refractivity contribution in [3.63, 3.8) is 0 Å². The number of aromatic nitrogens is 1. The fraction of sp³-hybridized carbons (Fsp3) is 0.571. The van der Waals surface area contributed by atoms with E-state index in [-0.39, 0.29) is 30.8 Å². The molecule has 2 aromatic rings. The van der Waals surface area contributed by atoms with Gasteiger partial charge < -0.3 is 24.0 Å². The molecule has 28 heavy (non-hydrogen) atoms. The minimum Gasteiger partial charge on any atom is -0.463 e. The summed E-state index contributed by atoms with van der Waals surface area (Å²) in [4.78, 5) is 39.2. The highest BCUT2D eigenvalue weighted by Crippen LogP contribution is 2.33. The normalized spacial score (nSPS) is 23.5. The van der Waals surface area contributed by atoms with Crippen LogP contribution in [0, 0.1) is 0 Å². The molecular formula is C21H27N3O4. The summed E-state index contributed by atoms with van der Waals surface area (Å²) >= 11 is 0. The van der Waals surface area contributed by atoms with Crippen molar-refractivity contribution in [2.75, 3.05) is 6.54 Å².